The van der Waals surface area contributed by atoms with Crippen LogP contribution in [0.5, 0.6) is 0 Å². The molecule has 2 N–H and O–H groups in total. The topological polar surface area (TPSA) is 79.3 Å². The molecule has 1 aromatic rings. The van der Waals surface area contributed by atoms with Crippen LogP contribution < -0.4 is 5.32 Å². The fourth-order valence-electron chi connectivity index (χ4n) is 1.32. The molecule has 0 unspecified atom stereocenters. The van der Waals surface area contributed by atoms with E-state index >= 15 is 0 Å². The first kappa shape index (κ1) is 13.9. The fraction of sp³-hybridized carbons (Fsp3) is 0.300. The van der Waals surface area contributed by atoms with Crippen LogP contribution in [0.15, 0.2) is 12.3 Å². The van der Waals surface area contributed by atoms with Crippen LogP contribution in [0.25, 0.3) is 0 Å². The van der Waals surface area contributed by atoms with E-state index in [-0.39, 0.29) is 24.1 Å². The SMILES string of the molecule is O=CNCCc1cc(C(F)(F)F)ncc1C(=O)O. The maximum atomic E-state index is 12.4. The number of pyridine rings is 1. The number of carbonyl (C=O) groups is 2. The van der Waals surface area contributed by atoms with Crippen molar-refractivity contribution >= 4 is 12.4 Å². The Balaban J connectivity index is 3.07. The lowest BCUT2D eigenvalue weighted by Gasteiger charge is -2.10. The highest BCUT2D eigenvalue weighted by Gasteiger charge is 2.33. The summed E-state index contributed by atoms with van der Waals surface area (Å²) in [6.07, 6.45) is -3.61. The molecule has 1 heterocycles. The third kappa shape index (κ3) is 3.44. The number of carboxylic acid groups (broad SMARTS) is 1. The Morgan fingerprint density at radius 2 is 2.17 bits per heavy atom. The van der Waals surface area contributed by atoms with Crippen molar-refractivity contribution in [2.75, 3.05) is 6.54 Å². The summed E-state index contributed by atoms with van der Waals surface area (Å²) in [4.78, 5) is 23.9. The number of carboxylic acids is 1. The summed E-state index contributed by atoms with van der Waals surface area (Å²) < 4.78 is 37.2. The largest absolute Gasteiger partial charge is 0.478 e. The van der Waals surface area contributed by atoms with E-state index in [9.17, 15) is 22.8 Å². The van der Waals surface area contributed by atoms with Crippen LogP contribution in [0.4, 0.5) is 13.2 Å². The second-order valence-electron chi connectivity index (χ2n) is 3.35. The van der Waals surface area contributed by atoms with Gasteiger partial charge in [-0.3, -0.25) is 9.78 Å². The number of rotatable bonds is 5. The normalized spacial score (nSPS) is 11.1. The van der Waals surface area contributed by atoms with Gasteiger partial charge in [-0.25, -0.2) is 4.79 Å². The lowest BCUT2D eigenvalue weighted by molar-refractivity contribution is -0.141. The molecule has 0 aromatic carbocycles. The number of aromatic nitrogens is 1. The number of hydrogen-bond donors (Lipinski definition) is 2. The quantitative estimate of drug-likeness (QED) is 0.615. The van der Waals surface area contributed by atoms with Crippen molar-refractivity contribution < 1.29 is 27.9 Å². The third-order valence-corrected chi connectivity index (χ3v) is 2.13. The first-order valence-corrected chi connectivity index (χ1v) is 4.82. The zero-order valence-electron chi connectivity index (χ0n) is 8.99. The summed E-state index contributed by atoms with van der Waals surface area (Å²) in [6.45, 7) is 0.0467. The van der Waals surface area contributed by atoms with Crippen LogP contribution in [0.3, 0.4) is 0 Å². The molecule has 5 nitrogen and oxygen atoms in total. The van der Waals surface area contributed by atoms with Crippen molar-refractivity contribution in [1.82, 2.24) is 10.3 Å². The molecule has 0 bridgehead atoms. The molecule has 0 atom stereocenters. The number of nitrogens with zero attached hydrogens (tertiary/aromatic N) is 1. The van der Waals surface area contributed by atoms with Crippen molar-refractivity contribution in [3.8, 4) is 0 Å². The molecule has 1 rings (SSSR count). The third-order valence-electron chi connectivity index (χ3n) is 2.13. The van der Waals surface area contributed by atoms with E-state index in [2.05, 4.69) is 10.3 Å². The lowest BCUT2D eigenvalue weighted by atomic mass is 10.1. The van der Waals surface area contributed by atoms with E-state index in [1.54, 1.807) is 0 Å². The van der Waals surface area contributed by atoms with E-state index < -0.39 is 17.8 Å². The number of carbonyl (C=O) groups excluding carboxylic acids is 1. The van der Waals surface area contributed by atoms with Crippen molar-refractivity contribution in [2.45, 2.75) is 12.6 Å². The van der Waals surface area contributed by atoms with Gasteiger partial charge in [-0.05, 0) is 18.1 Å². The summed E-state index contributed by atoms with van der Waals surface area (Å²) in [7, 11) is 0. The van der Waals surface area contributed by atoms with Crippen molar-refractivity contribution in [1.29, 1.82) is 0 Å². The Morgan fingerprint density at radius 3 is 2.67 bits per heavy atom. The summed E-state index contributed by atoms with van der Waals surface area (Å²) in [6, 6.07) is 0.677. The summed E-state index contributed by atoms with van der Waals surface area (Å²) >= 11 is 0. The summed E-state index contributed by atoms with van der Waals surface area (Å²) in [5.74, 6) is -1.36. The van der Waals surface area contributed by atoms with E-state index in [0.717, 1.165) is 0 Å². The molecule has 0 radical (unpaired) electrons. The number of nitrogens with one attached hydrogen (secondary N) is 1. The molecule has 0 saturated carbocycles. The molecule has 0 aliphatic carbocycles. The first-order chi connectivity index (χ1) is 8.36. The van der Waals surface area contributed by atoms with Gasteiger partial charge in [0.25, 0.3) is 0 Å². The predicted molar refractivity (Wildman–Crippen MR) is 54.0 cm³/mol. The van der Waals surface area contributed by atoms with Crippen molar-refractivity contribution in [3.63, 3.8) is 0 Å². The zero-order chi connectivity index (χ0) is 13.8. The summed E-state index contributed by atoms with van der Waals surface area (Å²) in [5, 5.41) is 11.1. The zero-order valence-corrected chi connectivity index (χ0v) is 8.99. The minimum Gasteiger partial charge on any atom is -0.478 e. The average molecular weight is 262 g/mol. The first-order valence-electron chi connectivity index (χ1n) is 4.82. The van der Waals surface area contributed by atoms with Crippen LogP contribution >= 0.6 is 0 Å². The maximum absolute atomic E-state index is 12.4. The van der Waals surface area contributed by atoms with Crippen LogP contribution in [-0.4, -0.2) is 29.0 Å². The van der Waals surface area contributed by atoms with Gasteiger partial charge in [0.05, 0.1) is 5.56 Å². The van der Waals surface area contributed by atoms with Crippen LogP contribution in [-0.2, 0) is 17.4 Å². The lowest BCUT2D eigenvalue weighted by Crippen LogP contribution is -2.18. The van der Waals surface area contributed by atoms with Gasteiger partial charge in [0.1, 0.15) is 5.69 Å². The molecule has 0 spiro atoms. The predicted octanol–water partition coefficient (Wildman–Crippen LogP) is 1.09. The van der Waals surface area contributed by atoms with Gasteiger partial charge in [-0.15, -0.1) is 0 Å². The molecule has 98 valence electrons. The monoisotopic (exact) mass is 262 g/mol. The molecule has 18 heavy (non-hydrogen) atoms. The Bertz CT molecular complexity index is 460. The van der Waals surface area contributed by atoms with E-state index in [0.29, 0.717) is 18.7 Å². The van der Waals surface area contributed by atoms with Gasteiger partial charge in [-0.2, -0.15) is 13.2 Å². The molecule has 1 aromatic heterocycles. The molecular formula is C10H9F3N2O3. The Labute approximate surface area is 99.6 Å². The second kappa shape index (κ2) is 5.48. The maximum Gasteiger partial charge on any atom is 0.433 e. The number of alkyl halides is 3. The Morgan fingerprint density at radius 1 is 1.50 bits per heavy atom. The molecule has 0 aliphatic rings. The van der Waals surface area contributed by atoms with E-state index in [1.807, 2.05) is 0 Å². The summed E-state index contributed by atoms with van der Waals surface area (Å²) in [5.41, 5.74) is -1.50. The standard InChI is InChI=1S/C10H9F3N2O3/c11-10(12,13)8-3-6(1-2-14-5-16)7(4-15-8)9(17)18/h3-5H,1-2H2,(H,14,16)(H,17,18). The molecule has 0 fully saturated rings. The van der Waals surface area contributed by atoms with Gasteiger partial charge in [0.15, 0.2) is 0 Å². The number of amides is 1. The van der Waals surface area contributed by atoms with Gasteiger partial charge in [0.2, 0.25) is 6.41 Å². The van der Waals surface area contributed by atoms with Crippen molar-refractivity contribution in [3.05, 3.63) is 29.1 Å². The smallest absolute Gasteiger partial charge is 0.433 e. The van der Waals surface area contributed by atoms with Gasteiger partial charge >= 0.3 is 12.1 Å². The Kier molecular flexibility index (Phi) is 4.24. The highest BCUT2D eigenvalue weighted by Crippen LogP contribution is 2.28. The molecular weight excluding hydrogens is 253 g/mol. The minimum atomic E-state index is -4.64. The molecule has 1 amide bonds. The van der Waals surface area contributed by atoms with Crippen LogP contribution in [0.2, 0.25) is 0 Å². The van der Waals surface area contributed by atoms with Crippen molar-refractivity contribution in [2.24, 2.45) is 0 Å². The van der Waals surface area contributed by atoms with Crippen LogP contribution in [0, 0.1) is 0 Å². The average Bonchev–Trinajstić information content (AvgIpc) is 2.27. The second-order valence-corrected chi connectivity index (χ2v) is 3.35. The molecule has 0 aliphatic heterocycles. The number of halogens is 3. The Hall–Kier alpha value is -2.12. The van der Waals surface area contributed by atoms with E-state index in [1.165, 1.54) is 0 Å². The molecule has 0 saturated heterocycles. The fourth-order valence-corrected chi connectivity index (χ4v) is 1.32. The highest BCUT2D eigenvalue weighted by molar-refractivity contribution is 5.89. The van der Waals surface area contributed by atoms with Gasteiger partial charge in [0, 0.05) is 12.7 Å². The number of hydrogen-bond acceptors (Lipinski definition) is 3. The minimum absolute atomic E-state index is 0.0219. The van der Waals surface area contributed by atoms with Crippen LogP contribution in [0.1, 0.15) is 21.6 Å². The molecule has 8 heteroatoms. The van der Waals surface area contributed by atoms with E-state index in [4.69, 9.17) is 5.11 Å². The highest BCUT2D eigenvalue weighted by atomic mass is 19.4. The van der Waals surface area contributed by atoms with Gasteiger partial charge < -0.3 is 10.4 Å². The number of aromatic carboxylic acids is 1. The van der Waals surface area contributed by atoms with Gasteiger partial charge in [-0.1, -0.05) is 0 Å².